The number of aromatic nitrogens is 2. The lowest BCUT2D eigenvalue weighted by Crippen LogP contribution is -2.40. The number of amides is 1. The Kier molecular flexibility index (Phi) is 3.19. The van der Waals surface area contributed by atoms with Crippen molar-refractivity contribution in [1.82, 2.24) is 14.9 Å². The van der Waals surface area contributed by atoms with Crippen LogP contribution in [0.4, 0.5) is 0 Å². The largest absolute Gasteiger partial charge is 0.330 e. The Labute approximate surface area is 131 Å². The molecule has 2 aliphatic rings. The summed E-state index contributed by atoms with van der Waals surface area (Å²) in [5.41, 5.74) is 1.72. The third-order valence-electron chi connectivity index (χ3n) is 4.18. The van der Waals surface area contributed by atoms with E-state index in [1.807, 2.05) is 4.90 Å². The van der Waals surface area contributed by atoms with Gasteiger partial charge in [-0.3, -0.25) is 4.79 Å². The van der Waals surface area contributed by atoms with Gasteiger partial charge in [0, 0.05) is 11.4 Å². The molecular formula is C15H14ClN3OS. The van der Waals surface area contributed by atoms with Gasteiger partial charge in [0.25, 0.3) is 5.91 Å². The van der Waals surface area contributed by atoms with E-state index in [1.54, 1.807) is 11.3 Å². The van der Waals surface area contributed by atoms with Crippen LogP contribution in [0.25, 0.3) is 0 Å². The van der Waals surface area contributed by atoms with Gasteiger partial charge in [-0.1, -0.05) is 11.6 Å². The van der Waals surface area contributed by atoms with Gasteiger partial charge in [-0.15, -0.1) is 11.3 Å². The number of carbonyl (C=O) groups excluding carboxylic acids is 1. The lowest BCUT2D eigenvalue weighted by atomic mass is 9.95. The van der Waals surface area contributed by atoms with Crippen molar-refractivity contribution in [2.75, 3.05) is 6.54 Å². The number of nitrogens with zero attached hydrogens (tertiary/aromatic N) is 3. The Balaban J connectivity index is 1.67. The Morgan fingerprint density at radius 3 is 2.90 bits per heavy atom. The predicted molar refractivity (Wildman–Crippen MR) is 81.6 cm³/mol. The van der Waals surface area contributed by atoms with Gasteiger partial charge in [0.15, 0.2) is 0 Å². The number of thiophene rings is 1. The van der Waals surface area contributed by atoms with Gasteiger partial charge in [-0.05, 0) is 42.2 Å². The van der Waals surface area contributed by atoms with Crippen molar-refractivity contribution in [3.05, 3.63) is 45.1 Å². The Bertz CT molecular complexity index is 680. The van der Waals surface area contributed by atoms with E-state index in [-0.39, 0.29) is 11.9 Å². The monoisotopic (exact) mass is 319 g/mol. The van der Waals surface area contributed by atoms with Gasteiger partial charge < -0.3 is 4.90 Å². The average molecular weight is 320 g/mol. The van der Waals surface area contributed by atoms with Crippen LogP contribution in [-0.2, 0) is 6.42 Å². The number of rotatable bonds is 2. The van der Waals surface area contributed by atoms with E-state index >= 15 is 0 Å². The molecule has 1 aliphatic carbocycles. The molecule has 0 N–H and O–H groups in total. The van der Waals surface area contributed by atoms with Gasteiger partial charge >= 0.3 is 0 Å². The van der Waals surface area contributed by atoms with Gasteiger partial charge in [0.05, 0.1) is 18.4 Å². The summed E-state index contributed by atoms with van der Waals surface area (Å²) in [5.74, 6) is 0.566. The molecule has 2 aromatic heterocycles. The van der Waals surface area contributed by atoms with Gasteiger partial charge in [-0.25, -0.2) is 9.97 Å². The van der Waals surface area contributed by atoms with Crippen LogP contribution in [0.15, 0.2) is 23.8 Å². The van der Waals surface area contributed by atoms with Crippen LogP contribution < -0.4 is 0 Å². The first-order chi connectivity index (χ1) is 10.2. The summed E-state index contributed by atoms with van der Waals surface area (Å²) in [6.45, 7) is 0.762. The van der Waals surface area contributed by atoms with Crippen molar-refractivity contribution >= 4 is 28.8 Å². The highest BCUT2D eigenvalue weighted by Crippen LogP contribution is 2.48. The van der Waals surface area contributed by atoms with Crippen LogP contribution in [0, 0.1) is 5.92 Å². The first kappa shape index (κ1) is 13.2. The SMILES string of the molecule is O=C(c1cnc(Cl)cn1)N1CCc2sccc2C1C1CC1. The smallest absolute Gasteiger partial charge is 0.274 e. The molecule has 3 heterocycles. The number of hydrogen-bond donors (Lipinski definition) is 0. The van der Waals surface area contributed by atoms with Crippen LogP contribution in [-0.4, -0.2) is 27.3 Å². The van der Waals surface area contributed by atoms with E-state index in [4.69, 9.17) is 11.6 Å². The van der Waals surface area contributed by atoms with Crippen molar-refractivity contribution in [2.24, 2.45) is 5.92 Å². The highest BCUT2D eigenvalue weighted by atomic mass is 35.5. The van der Waals surface area contributed by atoms with E-state index in [9.17, 15) is 4.79 Å². The summed E-state index contributed by atoms with van der Waals surface area (Å²) in [5, 5.41) is 2.44. The summed E-state index contributed by atoms with van der Waals surface area (Å²) < 4.78 is 0. The fourth-order valence-electron chi connectivity index (χ4n) is 3.06. The number of halogens is 1. The van der Waals surface area contributed by atoms with Gasteiger partial charge in [-0.2, -0.15) is 0 Å². The summed E-state index contributed by atoms with van der Waals surface area (Å²) in [6.07, 6.45) is 6.24. The number of hydrogen-bond acceptors (Lipinski definition) is 4. The Morgan fingerprint density at radius 1 is 1.33 bits per heavy atom. The van der Waals surface area contributed by atoms with E-state index in [2.05, 4.69) is 21.4 Å². The van der Waals surface area contributed by atoms with Crippen LogP contribution >= 0.6 is 22.9 Å². The minimum absolute atomic E-state index is 0.0343. The van der Waals surface area contributed by atoms with E-state index < -0.39 is 0 Å². The highest BCUT2D eigenvalue weighted by molar-refractivity contribution is 7.10. The van der Waals surface area contributed by atoms with Crippen LogP contribution in [0.3, 0.4) is 0 Å². The molecule has 0 aromatic carbocycles. The second-order valence-corrected chi connectivity index (χ2v) is 6.94. The molecule has 21 heavy (non-hydrogen) atoms. The quantitative estimate of drug-likeness (QED) is 0.853. The minimum Gasteiger partial charge on any atom is -0.330 e. The third kappa shape index (κ3) is 2.34. The maximum absolute atomic E-state index is 12.8. The molecule has 1 saturated carbocycles. The fourth-order valence-corrected chi connectivity index (χ4v) is 4.07. The molecule has 2 aromatic rings. The highest BCUT2D eigenvalue weighted by Gasteiger charge is 2.42. The molecule has 0 radical (unpaired) electrons. The molecular weight excluding hydrogens is 306 g/mol. The van der Waals surface area contributed by atoms with Crippen molar-refractivity contribution in [1.29, 1.82) is 0 Å². The zero-order valence-corrected chi connectivity index (χ0v) is 12.9. The Morgan fingerprint density at radius 2 is 2.19 bits per heavy atom. The standard InChI is InChI=1S/C15H14ClN3OS/c16-13-8-17-11(7-18-13)15(20)19-5-3-12-10(4-6-21-12)14(19)9-1-2-9/h4,6-9,14H,1-3,5H2. The van der Waals surface area contributed by atoms with Crippen molar-refractivity contribution < 1.29 is 4.79 Å². The first-order valence-electron chi connectivity index (χ1n) is 7.09. The molecule has 0 spiro atoms. The van der Waals surface area contributed by atoms with E-state index in [1.165, 1.54) is 35.7 Å². The molecule has 0 saturated heterocycles. The maximum Gasteiger partial charge on any atom is 0.274 e. The third-order valence-corrected chi connectivity index (χ3v) is 5.37. The average Bonchev–Trinajstić information content (AvgIpc) is 3.22. The number of fused-ring (bicyclic) bond motifs is 1. The lowest BCUT2D eigenvalue weighted by Gasteiger charge is -2.36. The molecule has 4 rings (SSSR count). The van der Waals surface area contributed by atoms with Crippen molar-refractivity contribution in [3.63, 3.8) is 0 Å². The summed E-state index contributed by atoms with van der Waals surface area (Å²) in [7, 11) is 0. The number of carbonyl (C=O) groups is 1. The molecule has 1 unspecified atom stereocenters. The van der Waals surface area contributed by atoms with Gasteiger partial charge in [0.1, 0.15) is 10.8 Å². The normalized spacial score (nSPS) is 21.2. The second-order valence-electron chi connectivity index (χ2n) is 5.55. The van der Waals surface area contributed by atoms with Crippen LogP contribution in [0.5, 0.6) is 0 Å². The molecule has 6 heteroatoms. The molecule has 1 amide bonds. The first-order valence-corrected chi connectivity index (χ1v) is 8.34. The van der Waals surface area contributed by atoms with Crippen LogP contribution in [0.2, 0.25) is 5.15 Å². The molecule has 1 aliphatic heterocycles. The maximum atomic E-state index is 12.8. The molecule has 108 valence electrons. The fraction of sp³-hybridized carbons (Fsp3) is 0.400. The molecule has 4 nitrogen and oxygen atoms in total. The molecule has 1 atom stereocenters. The Hall–Kier alpha value is -1.46. The summed E-state index contributed by atoms with van der Waals surface area (Å²) >= 11 is 7.55. The molecule has 0 bridgehead atoms. The summed E-state index contributed by atoms with van der Waals surface area (Å²) in [6, 6.07) is 2.39. The molecule has 1 fully saturated rings. The van der Waals surface area contributed by atoms with E-state index in [0.717, 1.165) is 13.0 Å². The topological polar surface area (TPSA) is 46.1 Å². The van der Waals surface area contributed by atoms with E-state index in [0.29, 0.717) is 16.8 Å². The lowest BCUT2D eigenvalue weighted by molar-refractivity contribution is 0.0630. The van der Waals surface area contributed by atoms with Crippen LogP contribution in [0.1, 0.15) is 39.8 Å². The van der Waals surface area contributed by atoms with Gasteiger partial charge in [0.2, 0.25) is 0 Å². The zero-order valence-electron chi connectivity index (χ0n) is 11.3. The summed E-state index contributed by atoms with van der Waals surface area (Å²) in [4.78, 5) is 24.3. The van der Waals surface area contributed by atoms with Crippen molar-refractivity contribution in [3.8, 4) is 0 Å². The second kappa shape index (κ2) is 5.07. The predicted octanol–water partition coefficient (Wildman–Crippen LogP) is 3.34. The van der Waals surface area contributed by atoms with Crippen molar-refractivity contribution in [2.45, 2.75) is 25.3 Å². The minimum atomic E-state index is -0.0343. The zero-order chi connectivity index (χ0) is 14.4.